The van der Waals surface area contributed by atoms with Gasteiger partial charge in [-0.15, -0.1) is 5.69 Å². The average molecular weight is 497 g/mol. The van der Waals surface area contributed by atoms with Crippen LogP contribution in [0.1, 0.15) is 133 Å². The van der Waals surface area contributed by atoms with Crippen LogP contribution in [-0.4, -0.2) is 10.7 Å². The summed E-state index contributed by atoms with van der Waals surface area (Å²) in [6.45, 7) is 24.3. The molecule has 3 aromatic rings. The highest BCUT2D eigenvalue weighted by Gasteiger charge is 2.18. The number of aromatic nitrogens is 1. The molecule has 0 unspecified atom stereocenters. The largest absolute Gasteiger partial charge is 0.674 e. The van der Waals surface area contributed by atoms with Gasteiger partial charge in [0.05, 0.1) is 17.1 Å². The Morgan fingerprint density at radius 3 is 1.57 bits per heavy atom. The van der Waals surface area contributed by atoms with Gasteiger partial charge in [-0.3, -0.25) is 9.98 Å². The SMILES string of the molecule is CC(=Nc1c(C(C)C)cccc1C(C)C)c1cccc(C(C)(C)[N-]c2c(C(C)C)cccc2C(C)C)n1. The van der Waals surface area contributed by atoms with Crippen LogP contribution in [0.2, 0.25) is 0 Å². The second-order valence-electron chi connectivity index (χ2n) is 12.0. The zero-order valence-corrected chi connectivity index (χ0v) is 24.8. The maximum Gasteiger partial charge on any atom is 0.0844 e. The first-order chi connectivity index (χ1) is 17.3. The summed E-state index contributed by atoms with van der Waals surface area (Å²) in [7, 11) is 0. The fraction of sp³-hybridized carbons (Fsp3) is 0.471. The lowest BCUT2D eigenvalue weighted by atomic mass is 9.90. The van der Waals surface area contributed by atoms with Crippen LogP contribution in [0.3, 0.4) is 0 Å². The van der Waals surface area contributed by atoms with Crippen LogP contribution in [0.4, 0.5) is 11.4 Å². The van der Waals surface area contributed by atoms with E-state index in [1.165, 1.54) is 22.3 Å². The molecule has 1 aromatic heterocycles. The lowest BCUT2D eigenvalue weighted by Gasteiger charge is -2.44. The summed E-state index contributed by atoms with van der Waals surface area (Å²) in [6, 6.07) is 19.4. The second kappa shape index (κ2) is 11.6. The molecule has 0 aliphatic rings. The predicted octanol–water partition coefficient (Wildman–Crippen LogP) is 10.7. The first-order valence-electron chi connectivity index (χ1n) is 13.8. The van der Waals surface area contributed by atoms with Crippen LogP contribution in [0.5, 0.6) is 0 Å². The van der Waals surface area contributed by atoms with Gasteiger partial charge in [0.1, 0.15) is 0 Å². The number of hydrogen-bond donors (Lipinski definition) is 0. The number of nitrogens with zero attached hydrogens (tertiary/aromatic N) is 3. The van der Waals surface area contributed by atoms with Gasteiger partial charge in [0.25, 0.3) is 0 Å². The van der Waals surface area contributed by atoms with Crippen LogP contribution in [0.15, 0.2) is 59.6 Å². The summed E-state index contributed by atoms with van der Waals surface area (Å²) >= 11 is 0. The van der Waals surface area contributed by atoms with E-state index in [4.69, 9.17) is 15.3 Å². The van der Waals surface area contributed by atoms with Crippen molar-refractivity contribution in [1.29, 1.82) is 0 Å². The number of aliphatic imine (C=N–C) groups is 1. The Labute approximate surface area is 225 Å². The number of benzene rings is 2. The molecular weight excluding hydrogens is 450 g/mol. The molecule has 1 heterocycles. The average Bonchev–Trinajstić information content (AvgIpc) is 2.83. The van der Waals surface area contributed by atoms with Crippen LogP contribution >= 0.6 is 0 Å². The van der Waals surface area contributed by atoms with Crippen LogP contribution in [0.25, 0.3) is 5.32 Å². The Hall–Kier alpha value is -2.94. The maximum atomic E-state index is 5.36. The molecule has 0 N–H and O–H groups in total. The minimum atomic E-state index is -0.482. The molecule has 0 spiro atoms. The first-order valence-corrected chi connectivity index (χ1v) is 13.8. The quantitative estimate of drug-likeness (QED) is 0.271. The Kier molecular flexibility index (Phi) is 9.00. The lowest BCUT2D eigenvalue weighted by molar-refractivity contribution is 0.617. The monoisotopic (exact) mass is 496 g/mol. The van der Waals surface area contributed by atoms with Gasteiger partial charge in [0, 0.05) is 5.69 Å². The van der Waals surface area contributed by atoms with Crippen LogP contribution in [-0.2, 0) is 5.54 Å². The predicted molar refractivity (Wildman–Crippen MR) is 161 cm³/mol. The molecule has 37 heavy (non-hydrogen) atoms. The first kappa shape index (κ1) is 28.6. The molecule has 0 saturated carbocycles. The van der Waals surface area contributed by atoms with Crippen LogP contribution in [0, 0.1) is 0 Å². The molecule has 0 bridgehead atoms. The van der Waals surface area contributed by atoms with Gasteiger partial charge in [-0.25, -0.2) is 0 Å². The van der Waals surface area contributed by atoms with Crippen molar-refractivity contribution >= 4 is 17.1 Å². The summed E-state index contributed by atoms with van der Waals surface area (Å²) in [4.78, 5) is 10.3. The molecule has 3 heteroatoms. The summed E-state index contributed by atoms with van der Waals surface area (Å²) in [5.74, 6) is 1.60. The van der Waals surface area contributed by atoms with Gasteiger partial charge < -0.3 is 5.32 Å². The maximum absolute atomic E-state index is 5.36. The highest BCUT2D eigenvalue weighted by Crippen LogP contribution is 2.44. The van der Waals surface area contributed by atoms with Gasteiger partial charge in [-0.1, -0.05) is 128 Å². The van der Waals surface area contributed by atoms with E-state index in [1.54, 1.807) is 0 Å². The standard InChI is InChI=1S/C34H46N3/c1-21(2)26-15-12-16-27(22(3)4)32(26)35-25(9)30-19-14-20-31(36-30)34(10,11)37-33-28(23(5)6)17-13-18-29(33)24(7)8/h12-24H,1-11H3/q-1. The Morgan fingerprint density at radius 1 is 0.676 bits per heavy atom. The van der Waals surface area contributed by atoms with E-state index < -0.39 is 5.54 Å². The molecule has 198 valence electrons. The summed E-state index contributed by atoms with van der Waals surface area (Å²) < 4.78 is 0. The summed E-state index contributed by atoms with van der Waals surface area (Å²) in [5, 5.41) is 5.36. The lowest BCUT2D eigenvalue weighted by Crippen LogP contribution is -2.19. The fourth-order valence-electron chi connectivity index (χ4n) is 4.82. The van der Waals surface area contributed by atoms with E-state index in [1.807, 2.05) is 0 Å². The van der Waals surface area contributed by atoms with Crippen molar-refractivity contribution in [2.75, 3.05) is 0 Å². The van der Waals surface area contributed by atoms with E-state index in [9.17, 15) is 0 Å². The van der Waals surface area contributed by atoms with E-state index >= 15 is 0 Å². The normalized spacial score (nSPS) is 12.8. The van der Waals surface area contributed by atoms with Gasteiger partial charge >= 0.3 is 0 Å². The zero-order valence-electron chi connectivity index (χ0n) is 24.8. The molecular formula is C34H46N3-. The van der Waals surface area contributed by atoms with Crippen molar-refractivity contribution in [1.82, 2.24) is 4.98 Å². The van der Waals surface area contributed by atoms with Crippen molar-refractivity contribution in [2.24, 2.45) is 4.99 Å². The molecule has 0 aliphatic carbocycles. The molecule has 3 rings (SSSR count). The van der Waals surface area contributed by atoms with E-state index in [0.717, 1.165) is 28.5 Å². The van der Waals surface area contributed by atoms with Crippen molar-refractivity contribution in [3.05, 3.63) is 93.6 Å². The second-order valence-corrected chi connectivity index (χ2v) is 12.0. The molecule has 0 aliphatic heterocycles. The number of pyridine rings is 1. The van der Waals surface area contributed by atoms with Crippen molar-refractivity contribution < 1.29 is 0 Å². The van der Waals surface area contributed by atoms with Gasteiger partial charge in [0.15, 0.2) is 0 Å². The van der Waals surface area contributed by atoms with Crippen LogP contribution < -0.4 is 0 Å². The summed E-state index contributed by atoms with van der Waals surface area (Å²) in [5.41, 5.74) is 9.65. The fourth-order valence-corrected chi connectivity index (χ4v) is 4.82. The third-order valence-electron chi connectivity index (χ3n) is 7.10. The minimum Gasteiger partial charge on any atom is -0.674 e. The third kappa shape index (κ3) is 6.50. The Bertz CT molecular complexity index is 1190. The molecule has 0 radical (unpaired) electrons. The van der Waals surface area contributed by atoms with Gasteiger partial charge in [-0.2, -0.15) is 0 Å². The molecule has 2 aromatic carbocycles. The summed E-state index contributed by atoms with van der Waals surface area (Å²) in [6.07, 6.45) is 0. The van der Waals surface area contributed by atoms with Gasteiger partial charge in [0.2, 0.25) is 0 Å². The van der Waals surface area contributed by atoms with Crippen molar-refractivity contribution in [3.63, 3.8) is 0 Å². The molecule has 0 atom stereocenters. The topological polar surface area (TPSA) is 39.4 Å². The zero-order chi connectivity index (χ0) is 27.5. The Morgan fingerprint density at radius 2 is 1.11 bits per heavy atom. The molecule has 0 fully saturated rings. The number of rotatable bonds is 9. The number of para-hydroxylation sites is 2. The molecule has 0 amide bonds. The number of hydrogen-bond acceptors (Lipinski definition) is 2. The highest BCUT2D eigenvalue weighted by atomic mass is 15.0. The molecule has 0 saturated heterocycles. The van der Waals surface area contributed by atoms with E-state index in [2.05, 4.69) is 131 Å². The van der Waals surface area contributed by atoms with E-state index in [-0.39, 0.29) is 0 Å². The minimum absolute atomic E-state index is 0.401. The van der Waals surface area contributed by atoms with Crippen molar-refractivity contribution in [2.45, 2.75) is 105 Å². The van der Waals surface area contributed by atoms with Gasteiger partial charge in [-0.05, 0) is 53.9 Å². The smallest absolute Gasteiger partial charge is 0.0844 e. The highest BCUT2D eigenvalue weighted by molar-refractivity contribution is 5.99. The third-order valence-corrected chi connectivity index (χ3v) is 7.10. The van der Waals surface area contributed by atoms with Crippen molar-refractivity contribution in [3.8, 4) is 0 Å². The molecule has 3 nitrogen and oxygen atoms in total. The van der Waals surface area contributed by atoms with E-state index in [0.29, 0.717) is 23.7 Å². The Balaban J connectivity index is 2.05.